The van der Waals surface area contributed by atoms with Gasteiger partial charge in [-0.2, -0.15) is 5.10 Å². The topological polar surface area (TPSA) is 55.9 Å². The van der Waals surface area contributed by atoms with Crippen LogP contribution in [0.25, 0.3) is 0 Å². The Morgan fingerprint density at radius 1 is 1.41 bits per heavy atom. The molecular weight excluding hydrogens is 212 g/mol. The molecule has 0 saturated heterocycles. The molecule has 4 heteroatoms. The minimum absolute atomic E-state index is 0.102. The van der Waals surface area contributed by atoms with Crippen LogP contribution < -0.4 is 11.1 Å². The highest BCUT2D eigenvalue weighted by Crippen LogP contribution is 2.20. The van der Waals surface area contributed by atoms with E-state index in [0.29, 0.717) is 6.54 Å². The van der Waals surface area contributed by atoms with Crippen molar-refractivity contribution in [1.82, 2.24) is 9.78 Å². The maximum absolute atomic E-state index is 5.81. The van der Waals surface area contributed by atoms with Gasteiger partial charge in [-0.3, -0.25) is 4.68 Å². The van der Waals surface area contributed by atoms with Crippen LogP contribution in [0.5, 0.6) is 0 Å². The maximum atomic E-state index is 5.81. The molecule has 1 unspecified atom stereocenters. The lowest BCUT2D eigenvalue weighted by molar-refractivity contribution is 0.759. The molecule has 0 bridgehead atoms. The maximum Gasteiger partial charge on any atom is 0.0667 e. The van der Waals surface area contributed by atoms with Crippen molar-refractivity contribution in [2.75, 3.05) is 11.9 Å². The molecule has 1 aromatic heterocycles. The Bertz CT molecular complexity index is 490. The van der Waals surface area contributed by atoms with E-state index in [1.807, 2.05) is 31.6 Å². The molecule has 1 aromatic carbocycles. The Hall–Kier alpha value is -1.81. The predicted molar refractivity (Wildman–Crippen MR) is 69.8 cm³/mol. The van der Waals surface area contributed by atoms with Crippen LogP contribution in [0, 0.1) is 6.92 Å². The van der Waals surface area contributed by atoms with Crippen LogP contribution in [0.15, 0.2) is 36.7 Å². The zero-order chi connectivity index (χ0) is 12.3. The molecule has 17 heavy (non-hydrogen) atoms. The van der Waals surface area contributed by atoms with Gasteiger partial charge in [-0.25, -0.2) is 0 Å². The summed E-state index contributed by atoms with van der Waals surface area (Å²) < 4.78 is 1.79. The van der Waals surface area contributed by atoms with Crippen LogP contribution in [0.1, 0.15) is 17.2 Å². The fourth-order valence-electron chi connectivity index (χ4n) is 1.82. The van der Waals surface area contributed by atoms with Gasteiger partial charge in [0.1, 0.15) is 0 Å². The highest BCUT2D eigenvalue weighted by molar-refractivity contribution is 5.51. The molecule has 0 aliphatic rings. The van der Waals surface area contributed by atoms with Crippen molar-refractivity contribution in [3.8, 4) is 0 Å². The van der Waals surface area contributed by atoms with E-state index in [9.17, 15) is 0 Å². The van der Waals surface area contributed by atoms with Gasteiger partial charge in [-0.1, -0.05) is 18.2 Å². The summed E-state index contributed by atoms with van der Waals surface area (Å²) in [5.74, 6) is 0. The minimum atomic E-state index is 0.102. The second kappa shape index (κ2) is 5.01. The summed E-state index contributed by atoms with van der Waals surface area (Å²) in [4.78, 5) is 0. The molecule has 4 nitrogen and oxygen atoms in total. The number of para-hydroxylation sites is 1. The summed E-state index contributed by atoms with van der Waals surface area (Å²) in [5, 5.41) is 7.62. The zero-order valence-electron chi connectivity index (χ0n) is 10.2. The number of anilines is 1. The van der Waals surface area contributed by atoms with Crippen LogP contribution in [-0.2, 0) is 7.05 Å². The smallest absolute Gasteiger partial charge is 0.0667 e. The lowest BCUT2D eigenvalue weighted by Crippen LogP contribution is -2.20. The highest BCUT2D eigenvalue weighted by atomic mass is 15.2. The van der Waals surface area contributed by atoms with Crippen LogP contribution in [0.4, 0.5) is 5.69 Å². The van der Waals surface area contributed by atoms with E-state index >= 15 is 0 Å². The Kier molecular flexibility index (Phi) is 3.44. The van der Waals surface area contributed by atoms with Crippen LogP contribution in [0.3, 0.4) is 0 Å². The van der Waals surface area contributed by atoms with Gasteiger partial charge in [0.25, 0.3) is 0 Å². The third-order valence-corrected chi connectivity index (χ3v) is 2.84. The van der Waals surface area contributed by atoms with Crippen molar-refractivity contribution in [3.63, 3.8) is 0 Å². The molecule has 0 fully saturated rings. The van der Waals surface area contributed by atoms with Gasteiger partial charge in [-0.05, 0) is 18.6 Å². The Morgan fingerprint density at radius 3 is 2.76 bits per heavy atom. The first-order valence-electron chi connectivity index (χ1n) is 5.71. The van der Waals surface area contributed by atoms with Gasteiger partial charge < -0.3 is 11.1 Å². The van der Waals surface area contributed by atoms with E-state index in [2.05, 4.69) is 29.5 Å². The first kappa shape index (κ1) is 11.7. The average Bonchev–Trinajstić information content (AvgIpc) is 2.75. The van der Waals surface area contributed by atoms with Gasteiger partial charge in [-0.15, -0.1) is 0 Å². The number of hydrogen-bond donors (Lipinski definition) is 2. The number of aryl methyl sites for hydroxylation is 2. The summed E-state index contributed by atoms with van der Waals surface area (Å²) >= 11 is 0. The Balaban J connectivity index is 2.18. The summed E-state index contributed by atoms with van der Waals surface area (Å²) in [6, 6.07) is 8.30. The van der Waals surface area contributed by atoms with E-state index in [1.54, 1.807) is 4.68 Å². The van der Waals surface area contributed by atoms with E-state index < -0.39 is 0 Å². The van der Waals surface area contributed by atoms with Crippen LogP contribution in [0.2, 0.25) is 0 Å². The minimum Gasteiger partial charge on any atom is -0.377 e. The Morgan fingerprint density at radius 2 is 2.18 bits per heavy atom. The van der Waals surface area contributed by atoms with Gasteiger partial charge in [0.15, 0.2) is 0 Å². The number of hydrogen-bond acceptors (Lipinski definition) is 3. The molecule has 2 aromatic rings. The normalized spacial score (nSPS) is 12.4. The number of nitrogens with zero attached hydrogens (tertiary/aromatic N) is 2. The number of aromatic nitrogens is 2. The van der Waals surface area contributed by atoms with Gasteiger partial charge in [0.05, 0.1) is 12.2 Å². The second-order valence-corrected chi connectivity index (χ2v) is 4.19. The zero-order valence-corrected chi connectivity index (χ0v) is 10.2. The molecule has 1 heterocycles. The van der Waals surface area contributed by atoms with E-state index in [0.717, 1.165) is 11.3 Å². The molecule has 0 aliphatic carbocycles. The van der Waals surface area contributed by atoms with Crippen LogP contribution >= 0.6 is 0 Å². The summed E-state index contributed by atoms with van der Waals surface area (Å²) in [6.07, 6.45) is 3.84. The second-order valence-electron chi connectivity index (χ2n) is 4.19. The number of nitrogens with one attached hydrogen (secondary N) is 1. The first-order valence-corrected chi connectivity index (χ1v) is 5.71. The molecular formula is C13H18N4. The molecule has 90 valence electrons. The third kappa shape index (κ3) is 2.65. The van der Waals surface area contributed by atoms with Gasteiger partial charge in [0, 0.05) is 31.0 Å². The summed E-state index contributed by atoms with van der Waals surface area (Å²) in [7, 11) is 1.91. The molecule has 1 atom stereocenters. The molecule has 0 aliphatic heterocycles. The van der Waals surface area contributed by atoms with Crippen molar-refractivity contribution in [2.45, 2.75) is 13.0 Å². The summed E-state index contributed by atoms with van der Waals surface area (Å²) in [6.45, 7) is 2.62. The van der Waals surface area contributed by atoms with Crippen molar-refractivity contribution >= 4 is 5.69 Å². The first-order chi connectivity index (χ1) is 8.20. The highest BCUT2D eigenvalue weighted by Gasteiger charge is 2.11. The average molecular weight is 230 g/mol. The third-order valence-electron chi connectivity index (χ3n) is 2.84. The quantitative estimate of drug-likeness (QED) is 0.842. The van der Waals surface area contributed by atoms with E-state index in [-0.39, 0.29) is 6.04 Å². The standard InChI is InChI=1S/C13H18N4/c1-10-5-3-4-6-12(10)16-13(7-14)11-8-15-17(2)9-11/h3-6,8-9,13,16H,7,14H2,1-2H3. The van der Waals surface area contributed by atoms with Crippen molar-refractivity contribution in [2.24, 2.45) is 12.8 Å². The van der Waals surface area contributed by atoms with E-state index in [1.165, 1.54) is 5.56 Å². The van der Waals surface area contributed by atoms with Crippen molar-refractivity contribution in [3.05, 3.63) is 47.8 Å². The molecule has 0 spiro atoms. The van der Waals surface area contributed by atoms with Crippen molar-refractivity contribution in [1.29, 1.82) is 0 Å². The predicted octanol–water partition coefficient (Wildman–Crippen LogP) is 1.84. The molecule has 0 amide bonds. The fraction of sp³-hybridized carbons (Fsp3) is 0.308. The lowest BCUT2D eigenvalue weighted by atomic mass is 10.1. The fourth-order valence-corrected chi connectivity index (χ4v) is 1.82. The van der Waals surface area contributed by atoms with Crippen molar-refractivity contribution < 1.29 is 0 Å². The summed E-state index contributed by atoms with van der Waals surface area (Å²) in [5.41, 5.74) is 9.26. The molecule has 3 N–H and O–H groups in total. The molecule has 0 radical (unpaired) electrons. The van der Waals surface area contributed by atoms with Crippen LogP contribution in [-0.4, -0.2) is 16.3 Å². The number of benzene rings is 1. The van der Waals surface area contributed by atoms with Gasteiger partial charge in [0.2, 0.25) is 0 Å². The Labute approximate surface area is 101 Å². The SMILES string of the molecule is Cc1ccccc1NC(CN)c1cnn(C)c1. The number of nitrogens with two attached hydrogens (primary N) is 1. The monoisotopic (exact) mass is 230 g/mol. The van der Waals surface area contributed by atoms with E-state index in [4.69, 9.17) is 5.73 Å². The van der Waals surface area contributed by atoms with Gasteiger partial charge >= 0.3 is 0 Å². The number of rotatable bonds is 4. The largest absolute Gasteiger partial charge is 0.377 e. The molecule has 0 saturated carbocycles. The lowest BCUT2D eigenvalue weighted by Gasteiger charge is -2.18. The molecule has 2 rings (SSSR count).